The van der Waals surface area contributed by atoms with Crippen LogP contribution >= 0.6 is 0 Å². The standard InChI is InChI=1S/C12H25N3O4/c1-4-15(5-2)12(17)14-7-6-13-11(16)10-19-9-8-18-3/h4-10H2,1-3H3,(H,13,16)(H,14,17). The van der Waals surface area contributed by atoms with E-state index < -0.39 is 0 Å². The molecule has 2 N–H and O–H groups in total. The Balaban J connectivity index is 3.52. The van der Waals surface area contributed by atoms with Crippen molar-refractivity contribution in [1.29, 1.82) is 0 Å². The molecule has 112 valence electrons. The van der Waals surface area contributed by atoms with Crippen molar-refractivity contribution >= 4 is 11.9 Å². The molecule has 0 aromatic heterocycles. The van der Waals surface area contributed by atoms with E-state index in [-0.39, 0.29) is 18.5 Å². The van der Waals surface area contributed by atoms with Gasteiger partial charge in [0, 0.05) is 33.3 Å². The third kappa shape index (κ3) is 9.26. The summed E-state index contributed by atoms with van der Waals surface area (Å²) in [6.45, 7) is 6.83. The van der Waals surface area contributed by atoms with Gasteiger partial charge in [-0.2, -0.15) is 0 Å². The molecule has 0 aromatic rings. The monoisotopic (exact) mass is 275 g/mol. The van der Waals surface area contributed by atoms with Gasteiger partial charge in [0.15, 0.2) is 0 Å². The Hall–Kier alpha value is -1.34. The molecule has 0 spiro atoms. The summed E-state index contributed by atoms with van der Waals surface area (Å²) in [5, 5.41) is 5.38. The molecule has 0 bridgehead atoms. The number of methoxy groups -OCH3 is 1. The van der Waals surface area contributed by atoms with Gasteiger partial charge in [-0.05, 0) is 13.8 Å². The van der Waals surface area contributed by atoms with E-state index in [2.05, 4.69) is 10.6 Å². The summed E-state index contributed by atoms with van der Waals surface area (Å²) in [5.74, 6) is -0.201. The molecule has 0 rings (SSSR count). The Kier molecular flexibility index (Phi) is 10.9. The van der Waals surface area contributed by atoms with Crippen LogP contribution in [0.15, 0.2) is 0 Å². The van der Waals surface area contributed by atoms with Crippen molar-refractivity contribution in [3.8, 4) is 0 Å². The average Bonchev–Trinajstić information content (AvgIpc) is 2.41. The number of hydrogen-bond acceptors (Lipinski definition) is 4. The van der Waals surface area contributed by atoms with Crippen LogP contribution in [0.1, 0.15) is 13.8 Å². The molecule has 0 aliphatic rings. The minimum atomic E-state index is -0.201. The van der Waals surface area contributed by atoms with Crippen LogP contribution in [-0.2, 0) is 14.3 Å². The fourth-order valence-electron chi connectivity index (χ4n) is 1.35. The zero-order valence-electron chi connectivity index (χ0n) is 12.0. The Morgan fingerprint density at radius 3 is 2.26 bits per heavy atom. The largest absolute Gasteiger partial charge is 0.382 e. The second kappa shape index (κ2) is 11.7. The lowest BCUT2D eigenvalue weighted by molar-refractivity contribution is -0.126. The molecule has 0 aromatic carbocycles. The maximum atomic E-state index is 11.6. The van der Waals surface area contributed by atoms with Crippen molar-refractivity contribution in [1.82, 2.24) is 15.5 Å². The van der Waals surface area contributed by atoms with Gasteiger partial charge >= 0.3 is 6.03 Å². The van der Waals surface area contributed by atoms with Crippen LogP contribution in [0, 0.1) is 0 Å². The molecular weight excluding hydrogens is 250 g/mol. The number of carbonyl (C=O) groups is 2. The Labute approximate surface area is 114 Å². The van der Waals surface area contributed by atoms with Gasteiger partial charge in [0.2, 0.25) is 5.91 Å². The van der Waals surface area contributed by atoms with Crippen LogP contribution < -0.4 is 10.6 Å². The lowest BCUT2D eigenvalue weighted by Crippen LogP contribution is -2.43. The summed E-state index contributed by atoms with van der Waals surface area (Å²) in [7, 11) is 1.57. The Bertz CT molecular complexity index is 257. The van der Waals surface area contributed by atoms with Gasteiger partial charge in [0.1, 0.15) is 6.61 Å². The number of hydrogen-bond donors (Lipinski definition) is 2. The molecule has 19 heavy (non-hydrogen) atoms. The van der Waals surface area contributed by atoms with Crippen LogP contribution in [0.2, 0.25) is 0 Å². The second-order valence-corrected chi connectivity index (χ2v) is 3.80. The van der Waals surface area contributed by atoms with Gasteiger partial charge in [-0.25, -0.2) is 4.79 Å². The van der Waals surface area contributed by atoms with Crippen molar-refractivity contribution in [2.45, 2.75) is 13.8 Å². The summed E-state index contributed by atoms with van der Waals surface area (Å²) >= 11 is 0. The summed E-state index contributed by atoms with van der Waals surface area (Å²) < 4.78 is 9.84. The lowest BCUT2D eigenvalue weighted by atomic mass is 10.5. The average molecular weight is 275 g/mol. The minimum Gasteiger partial charge on any atom is -0.382 e. The van der Waals surface area contributed by atoms with Gasteiger partial charge in [-0.1, -0.05) is 0 Å². The maximum Gasteiger partial charge on any atom is 0.317 e. The van der Waals surface area contributed by atoms with Crippen molar-refractivity contribution in [2.24, 2.45) is 0 Å². The van der Waals surface area contributed by atoms with E-state index >= 15 is 0 Å². The van der Waals surface area contributed by atoms with E-state index in [0.717, 1.165) is 0 Å². The Morgan fingerprint density at radius 2 is 1.68 bits per heavy atom. The van der Waals surface area contributed by atoms with Crippen LogP contribution in [0.4, 0.5) is 4.79 Å². The van der Waals surface area contributed by atoms with E-state index in [1.807, 2.05) is 13.8 Å². The van der Waals surface area contributed by atoms with Gasteiger partial charge < -0.3 is 25.0 Å². The van der Waals surface area contributed by atoms with E-state index in [1.54, 1.807) is 12.0 Å². The highest BCUT2D eigenvalue weighted by molar-refractivity contribution is 5.77. The normalized spacial score (nSPS) is 10.1. The quantitative estimate of drug-likeness (QED) is 0.542. The molecule has 0 saturated heterocycles. The highest BCUT2D eigenvalue weighted by atomic mass is 16.5. The molecule has 7 nitrogen and oxygen atoms in total. The molecular formula is C12H25N3O4. The molecule has 7 heteroatoms. The molecule has 0 radical (unpaired) electrons. The van der Waals surface area contributed by atoms with Gasteiger partial charge in [-0.15, -0.1) is 0 Å². The maximum absolute atomic E-state index is 11.6. The topological polar surface area (TPSA) is 79.9 Å². The number of urea groups is 1. The van der Waals surface area contributed by atoms with E-state index in [9.17, 15) is 9.59 Å². The zero-order chi connectivity index (χ0) is 14.5. The SMILES string of the molecule is CCN(CC)C(=O)NCCNC(=O)COCCOC. The van der Waals surface area contributed by atoms with Crippen molar-refractivity contribution < 1.29 is 19.1 Å². The highest BCUT2D eigenvalue weighted by Gasteiger charge is 2.07. The van der Waals surface area contributed by atoms with Gasteiger partial charge in [-0.3, -0.25) is 4.79 Å². The van der Waals surface area contributed by atoms with Crippen LogP contribution in [0.5, 0.6) is 0 Å². The Morgan fingerprint density at radius 1 is 1.05 bits per heavy atom. The van der Waals surface area contributed by atoms with Crippen LogP contribution in [0.3, 0.4) is 0 Å². The minimum absolute atomic E-state index is 0.00729. The lowest BCUT2D eigenvalue weighted by Gasteiger charge is -2.19. The highest BCUT2D eigenvalue weighted by Crippen LogP contribution is 1.86. The number of ether oxygens (including phenoxy) is 2. The van der Waals surface area contributed by atoms with E-state index in [1.165, 1.54) is 0 Å². The first-order valence-corrected chi connectivity index (χ1v) is 6.51. The van der Waals surface area contributed by atoms with Crippen molar-refractivity contribution in [3.05, 3.63) is 0 Å². The van der Waals surface area contributed by atoms with Crippen molar-refractivity contribution in [3.63, 3.8) is 0 Å². The first-order valence-electron chi connectivity index (χ1n) is 6.51. The summed E-state index contributed by atoms with van der Waals surface area (Å²) in [5.41, 5.74) is 0. The number of carbonyl (C=O) groups excluding carboxylic acids is 2. The summed E-state index contributed by atoms with van der Waals surface area (Å²) in [6, 6.07) is -0.115. The first kappa shape index (κ1) is 17.7. The molecule has 0 aliphatic carbocycles. The van der Waals surface area contributed by atoms with Gasteiger partial charge in [0.25, 0.3) is 0 Å². The predicted molar refractivity (Wildman–Crippen MR) is 72.0 cm³/mol. The molecule has 0 saturated carbocycles. The second-order valence-electron chi connectivity index (χ2n) is 3.80. The fourth-order valence-corrected chi connectivity index (χ4v) is 1.35. The third-order valence-corrected chi connectivity index (χ3v) is 2.44. The molecule has 0 aliphatic heterocycles. The van der Waals surface area contributed by atoms with Crippen LogP contribution in [0.25, 0.3) is 0 Å². The number of nitrogens with one attached hydrogen (secondary N) is 2. The number of rotatable bonds is 10. The summed E-state index contributed by atoms with van der Waals surface area (Å²) in [4.78, 5) is 24.5. The number of nitrogens with zero attached hydrogens (tertiary/aromatic N) is 1. The molecule has 0 atom stereocenters. The molecule has 0 unspecified atom stereocenters. The fraction of sp³-hybridized carbons (Fsp3) is 0.833. The first-order chi connectivity index (χ1) is 9.15. The van der Waals surface area contributed by atoms with Crippen molar-refractivity contribution in [2.75, 3.05) is 53.1 Å². The summed E-state index contributed by atoms with van der Waals surface area (Å²) in [6.07, 6.45) is 0. The van der Waals surface area contributed by atoms with Crippen LogP contribution in [-0.4, -0.2) is 69.9 Å². The molecule has 3 amide bonds. The molecule has 0 fully saturated rings. The van der Waals surface area contributed by atoms with E-state index in [0.29, 0.717) is 39.4 Å². The zero-order valence-corrected chi connectivity index (χ0v) is 12.0. The van der Waals surface area contributed by atoms with Gasteiger partial charge in [0.05, 0.1) is 13.2 Å². The molecule has 0 heterocycles. The number of amides is 3. The third-order valence-electron chi connectivity index (χ3n) is 2.44. The smallest absolute Gasteiger partial charge is 0.317 e. The van der Waals surface area contributed by atoms with E-state index in [4.69, 9.17) is 9.47 Å². The predicted octanol–water partition coefficient (Wildman–Crippen LogP) is -0.183.